The van der Waals surface area contributed by atoms with E-state index in [0.717, 1.165) is 17.1 Å². The molecule has 0 spiro atoms. The third kappa shape index (κ3) is 4.20. The van der Waals surface area contributed by atoms with E-state index in [-0.39, 0.29) is 12.3 Å². The number of amides is 1. The van der Waals surface area contributed by atoms with Gasteiger partial charge in [0.05, 0.1) is 24.5 Å². The molecule has 8 heteroatoms. The number of benzene rings is 2. The molecule has 158 valence electrons. The number of fused-ring (bicyclic) bond motifs is 1. The second-order valence-electron chi connectivity index (χ2n) is 7.18. The molecule has 0 aliphatic heterocycles. The van der Waals surface area contributed by atoms with Crippen LogP contribution < -0.4 is 10.1 Å². The summed E-state index contributed by atoms with van der Waals surface area (Å²) in [4.78, 5) is 21.0. The molecule has 3 heterocycles. The summed E-state index contributed by atoms with van der Waals surface area (Å²) < 4.78 is 13.1. The summed E-state index contributed by atoms with van der Waals surface area (Å²) in [5.41, 5.74) is 2.55. The Balaban J connectivity index is 1.23. The summed E-state index contributed by atoms with van der Waals surface area (Å²) in [6.07, 6.45) is 3.40. The predicted molar refractivity (Wildman–Crippen MR) is 119 cm³/mol. The van der Waals surface area contributed by atoms with E-state index in [4.69, 9.17) is 9.15 Å². The van der Waals surface area contributed by atoms with Crippen LogP contribution in [-0.2, 0) is 11.2 Å². The zero-order valence-electron chi connectivity index (χ0n) is 17.2. The molecule has 1 N–H and O–H groups in total. The number of aromatic nitrogens is 4. The summed E-state index contributed by atoms with van der Waals surface area (Å²) in [5, 5.41) is 7.21. The number of anilines is 1. The topological polar surface area (TPSA) is 94.5 Å². The van der Waals surface area contributed by atoms with E-state index in [1.165, 1.54) is 0 Å². The zero-order chi connectivity index (χ0) is 21.9. The summed E-state index contributed by atoms with van der Waals surface area (Å²) in [5.74, 6) is 2.40. The molecular formula is C24H19N5O3. The molecule has 5 rings (SSSR count). The Labute approximate surface area is 183 Å². The summed E-state index contributed by atoms with van der Waals surface area (Å²) in [6.45, 7) is 1.84. The van der Waals surface area contributed by atoms with Crippen LogP contribution in [0, 0.1) is 6.92 Å². The van der Waals surface area contributed by atoms with Crippen molar-refractivity contribution in [2.45, 2.75) is 13.3 Å². The van der Waals surface area contributed by atoms with Crippen molar-refractivity contribution in [2.75, 3.05) is 5.32 Å². The lowest BCUT2D eigenvalue weighted by Gasteiger charge is -2.08. The van der Waals surface area contributed by atoms with Gasteiger partial charge in [0, 0.05) is 0 Å². The average molecular weight is 425 g/mol. The number of carbonyl (C=O) groups is 1. The maximum Gasteiger partial charge on any atom is 0.264 e. The van der Waals surface area contributed by atoms with Gasteiger partial charge in [-0.1, -0.05) is 30.3 Å². The van der Waals surface area contributed by atoms with Crippen LogP contribution in [0.3, 0.4) is 0 Å². The Hall–Kier alpha value is -4.46. The third-order valence-electron chi connectivity index (χ3n) is 4.78. The molecule has 8 nitrogen and oxygen atoms in total. The molecule has 0 saturated heterocycles. The van der Waals surface area contributed by atoms with E-state index in [2.05, 4.69) is 20.4 Å². The standard InChI is InChI=1S/C24H19N5O3/c1-16-25-15-23-29(16)28-24(32-23)21-11-10-18(14-26-21)27-22(30)13-17-6-5-9-20(12-17)31-19-7-3-2-4-8-19/h2-12,14-15H,13H2,1H3,(H,27,30). The minimum Gasteiger partial charge on any atom is -0.457 e. The van der Waals surface area contributed by atoms with Crippen molar-refractivity contribution in [3.05, 3.63) is 90.5 Å². The molecule has 32 heavy (non-hydrogen) atoms. The number of pyridine rings is 1. The smallest absolute Gasteiger partial charge is 0.264 e. The molecule has 3 aromatic heterocycles. The van der Waals surface area contributed by atoms with Gasteiger partial charge in [-0.2, -0.15) is 4.52 Å². The molecule has 0 unspecified atom stereocenters. The number of nitrogens with one attached hydrogen (secondary N) is 1. The second kappa shape index (κ2) is 8.35. The Morgan fingerprint density at radius 2 is 1.84 bits per heavy atom. The van der Waals surface area contributed by atoms with Crippen LogP contribution in [0.2, 0.25) is 0 Å². The van der Waals surface area contributed by atoms with Gasteiger partial charge in [-0.05, 0) is 48.9 Å². The zero-order valence-corrected chi connectivity index (χ0v) is 17.2. The molecule has 0 bridgehead atoms. The highest BCUT2D eigenvalue weighted by Gasteiger charge is 2.12. The first-order valence-corrected chi connectivity index (χ1v) is 10.0. The fraction of sp³-hybridized carbons (Fsp3) is 0.0833. The summed E-state index contributed by atoms with van der Waals surface area (Å²) >= 11 is 0. The summed E-state index contributed by atoms with van der Waals surface area (Å²) in [7, 11) is 0. The lowest BCUT2D eigenvalue weighted by atomic mass is 10.1. The number of ether oxygens (including phenoxy) is 1. The van der Waals surface area contributed by atoms with Crippen molar-refractivity contribution in [1.82, 2.24) is 19.6 Å². The highest BCUT2D eigenvalue weighted by Crippen LogP contribution is 2.23. The average Bonchev–Trinajstić information content (AvgIpc) is 3.37. The first kappa shape index (κ1) is 19.5. The molecule has 1 amide bonds. The van der Waals surface area contributed by atoms with Crippen molar-refractivity contribution < 1.29 is 13.9 Å². The normalized spacial score (nSPS) is 10.9. The number of carbonyl (C=O) groups excluding carboxylic acids is 1. The number of rotatable bonds is 6. The number of nitrogens with zero attached hydrogens (tertiary/aromatic N) is 4. The van der Waals surface area contributed by atoms with Crippen LogP contribution in [0.5, 0.6) is 11.5 Å². The lowest BCUT2D eigenvalue weighted by Crippen LogP contribution is -2.14. The fourth-order valence-electron chi connectivity index (χ4n) is 3.25. The van der Waals surface area contributed by atoms with Gasteiger partial charge in [0.1, 0.15) is 23.0 Å². The lowest BCUT2D eigenvalue weighted by molar-refractivity contribution is -0.115. The quantitative estimate of drug-likeness (QED) is 0.425. The van der Waals surface area contributed by atoms with Crippen LogP contribution in [0.15, 0.2) is 83.5 Å². The maximum absolute atomic E-state index is 12.5. The first-order valence-electron chi connectivity index (χ1n) is 10.0. The largest absolute Gasteiger partial charge is 0.457 e. The molecule has 0 atom stereocenters. The number of aryl methyl sites for hydroxylation is 1. The van der Waals surface area contributed by atoms with Crippen molar-refractivity contribution in [3.63, 3.8) is 0 Å². The molecule has 5 aromatic rings. The van der Waals surface area contributed by atoms with Crippen LogP contribution in [-0.4, -0.2) is 25.5 Å². The molecular weight excluding hydrogens is 406 g/mol. The Morgan fingerprint density at radius 3 is 2.62 bits per heavy atom. The van der Waals surface area contributed by atoms with Gasteiger partial charge in [0.25, 0.3) is 5.89 Å². The van der Waals surface area contributed by atoms with Gasteiger partial charge in [-0.15, -0.1) is 5.10 Å². The number of imidazole rings is 1. The van der Waals surface area contributed by atoms with Gasteiger partial charge < -0.3 is 14.5 Å². The maximum atomic E-state index is 12.5. The van der Waals surface area contributed by atoms with Crippen LogP contribution in [0.1, 0.15) is 11.4 Å². The Bertz CT molecular complexity index is 1370. The van der Waals surface area contributed by atoms with Crippen molar-refractivity contribution in [2.24, 2.45) is 0 Å². The monoisotopic (exact) mass is 425 g/mol. The van der Waals surface area contributed by atoms with E-state index < -0.39 is 0 Å². The van der Waals surface area contributed by atoms with Crippen molar-refractivity contribution in [3.8, 4) is 23.1 Å². The van der Waals surface area contributed by atoms with Gasteiger partial charge in [-0.3, -0.25) is 4.79 Å². The number of hydrogen-bond acceptors (Lipinski definition) is 6. The minimum absolute atomic E-state index is 0.150. The highest BCUT2D eigenvalue weighted by atomic mass is 16.5. The Kier molecular flexibility index (Phi) is 5.09. The molecule has 0 aliphatic carbocycles. The van der Waals surface area contributed by atoms with Gasteiger partial charge in [-0.25, -0.2) is 9.97 Å². The first-order chi connectivity index (χ1) is 15.6. The molecule has 0 saturated carbocycles. The van der Waals surface area contributed by atoms with Gasteiger partial charge >= 0.3 is 0 Å². The minimum atomic E-state index is -0.150. The summed E-state index contributed by atoms with van der Waals surface area (Å²) in [6, 6.07) is 20.5. The van der Waals surface area contributed by atoms with Crippen LogP contribution >= 0.6 is 0 Å². The van der Waals surface area contributed by atoms with E-state index in [9.17, 15) is 4.79 Å². The van der Waals surface area contributed by atoms with Gasteiger partial charge in [0.15, 0.2) is 0 Å². The predicted octanol–water partition coefficient (Wildman–Crippen LogP) is 4.67. The van der Waals surface area contributed by atoms with Crippen molar-refractivity contribution in [1.29, 1.82) is 0 Å². The highest BCUT2D eigenvalue weighted by molar-refractivity contribution is 5.92. The Morgan fingerprint density at radius 1 is 1.00 bits per heavy atom. The van der Waals surface area contributed by atoms with Crippen LogP contribution in [0.4, 0.5) is 5.69 Å². The second-order valence-corrected chi connectivity index (χ2v) is 7.18. The number of para-hydroxylation sites is 1. The van der Waals surface area contributed by atoms with Crippen molar-refractivity contribution >= 4 is 17.3 Å². The van der Waals surface area contributed by atoms with Crippen LogP contribution in [0.25, 0.3) is 17.3 Å². The molecule has 2 aromatic carbocycles. The molecule has 0 radical (unpaired) electrons. The van der Waals surface area contributed by atoms with E-state index in [1.54, 1.807) is 29.0 Å². The van der Waals surface area contributed by atoms with E-state index in [1.807, 2.05) is 61.5 Å². The molecule has 0 fully saturated rings. The van der Waals surface area contributed by atoms with E-state index in [0.29, 0.717) is 28.7 Å². The fourth-order valence-corrected chi connectivity index (χ4v) is 3.25. The van der Waals surface area contributed by atoms with Gasteiger partial charge in [0.2, 0.25) is 11.6 Å². The van der Waals surface area contributed by atoms with E-state index >= 15 is 0 Å². The number of hydrogen-bond donors (Lipinski definition) is 1. The third-order valence-corrected chi connectivity index (χ3v) is 4.78. The molecule has 0 aliphatic rings. The SMILES string of the molecule is Cc1ncc2oc(-c3ccc(NC(=O)Cc4cccc(Oc5ccccc5)c4)cn3)nn12.